The first-order valence-electron chi connectivity index (χ1n) is 14.8. The van der Waals surface area contributed by atoms with Gasteiger partial charge in [-0.25, -0.2) is 4.79 Å². The van der Waals surface area contributed by atoms with E-state index in [-0.39, 0.29) is 17.9 Å². The van der Waals surface area contributed by atoms with E-state index in [1.807, 2.05) is 50.4 Å². The predicted molar refractivity (Wildman–Crippen MR) is 174 cm³/mol. The zero-order valence-corrected chi connectivity index (χ0v) is 26.6. The highest BCUT2D eigenvalue weighted by Gasteiger charge is 2.39. The molecule has 1 aliphatic heterocycles. The molecule has 0 aromatic heterocycles. The molecule has 4 N–H and O–H groups in total. The molecule has 3 rings (SSSR count). The lowest BCUT2D eigenvalue weighted by molar-refractivity contribution is -0.146. The maximum Gasteiger partial charge on any atom is 0.326 e. The molecule has 0 radical (unpaired) electrons. The lowest BCUT2D eigenvalue weighted by atomic mass is 9.91. The minimum Gasteiger partial charge on any atom is -0.480 e. The van der Waals surface area contributed by atoms with Gasteiger partial charge in [-0.05, 0) is 60.4 Å². The van der Waals surface area contributed by atoms with E-state index < -0.39 is 30.0 Å². The summed E-state index contributed by atoms with van der Waals surface area (Å²) in [6.45, 7) is 5.69. The Kier molecular flexibility index (Phi) is 14.2. The number of rotatable bonds is 17. The molecule has 0 spiro atoms. The molecule has 230 valence electrons. The van der Waals surface area contributed by atoms with Crippen LogP contribution in [0.3, 0.4) is 0 Å². The summed E-state index contributed by atoms with van der Waals surface area (Å²) in [6, 6.07) is 16.0. The number of fused-ring (bicyclic) bond motifs is 1. The maximum absolute atomic E-state index is 14.1. The second-order valence-electron chi connectivity index (χ2n) is 11.2. The molecular weight excluding hydrogens is 569 g/mol. The number of carbonyl (C=O) groups excluding carboxylic acids is 2. The SMILES string of the molecule is CSCC[C@H](NC(=O)[C@H]1Cc2ccccc2CN1C(=O)[C@@H](NCC(CS)NCCCc1ccccc1)C(C)C)C(=O)O. The highest BCUT2D eigenvalue weighted by Crippen LogP contribution is 2.25. The zero-order chi connectivity index (χ0) is 30.5. The van der Waals surface area contributed by atoms with Crippen LogP contribution in [0.4, 0.5) is 0 Å². The second kappa shape index (κ2) is 17.6. The minimum absolute atomic E-state index is 0.0228. The molecule has 0 fully saturated rings. The molecule has 1 unspecified atom stereocenters. The summed E-state index contributed by atoms with van der Waals surface area (Å²) in [6.07, 6.45) is 4.55. The Balaban J connectivity index is 1.68. The number of aliphatic carboxylic acids is 1. The quantitative estimate of drug-likeness (QED) is 0.137. The lowest BCUT2D eigenvalue weighted by Gasteiger charge is -2.39. The summed E-state index contributed by atoms with van der Waals surface area (Å²) >= 11 is 6.07. The summed E-state index contributed by atoms with van der Waals surface area (Å²) < 4.78 is 0. The van der Waals surface area contributed by atoms with Gasteiger partial charge in [0.15, 0.2) is 0 Å². The molecule has 4 atom stereocenters. The van der Waals surface area contributed by atoms with Crippen molar-refractivity contribution in [2.75, 3.05) is 30.9 Å². The first-order chi connectivity index (χ1) is 20.2. The van der Waals surface area contributed by atoms with Gasteiger partial charge in [0.2, 0.25) is 11.8 Å². The molecular formula is C32H46N4O4S2. The Morgan fingerprint density at radius 3 is 2.38 bits per heavy atom. The van der Waals surface area contributed by atoms with E-state index in [1.54, 1.807) is 4.90 Å². The van der Waals surface area contributed by atoms with Crippen molar-refractivity contribution in [1.82, 2.24) is 20.9 Å². The van der Waals surface area contributed by atoms with E-state index in [4.69, 9.17) is 0 Å². The molecule has 0 saturated carbocycles. The van der Waals surface area contributed by atoms with E-state index in [2.05, 4.69) is 52.8 Å². The molecule has 0 bridgehead atoms. The van der Waals surface area contributed by atoms with E-state index in [9.17, 15) is 19.5 Å². The van der Waals surface area contributed by atoms with Gasteiger partial charge in [0.1, 0.15) is 12.1 Å². The topological polar surface area (TPSA) is 111 Å². The summed E-state index contributed by atoms with van der Waals surface area (Å²) in [5, 5.41) is 19.4. The van der Waals surface area contributed by atoms with Crippen LogP contribution < -0.4 is 16.0 Å². The summed E-state index contributed by atoms with van der Waals surface area (Å²) in [5.74, 6) is -0.446. The molecule has 42 heavy (non-hydrogen) atoms. The molecule has 1 aliphatic rings. The van der Waals surface area contributed by atoms with Crippen molar-refractivity contribution in [3.05, 3.63) is 71.3 Å². The van der Waals surface area contributed by atoms with Crippen molar-refractivity contribution in [3.8, 4) is 0 Å². The number of carboxylic acid groups (broad SMARTS) is 1. The van der Waals surface area contributed by atoms with Gasteiger partial charge in [-0.15, -0.1) is 0 Å². The monoisotopic (exact) mass is 614 g/mol. The van der Waals surface area contributed by atoms with Crippen LogP contribution in [0.1, 0.15) is 43.4 Å². The third-order valence-corrected chi connectivity index (χ3v) is 8.80. The predicted octanol–water partition coefficient (Wildman–Crippen LogP) is 3.40. The highest BCUT2D eigenvalue weighted by molar-refractivity contribution is 7.98. The van der Waals surface area contributed by atoms with Gasteiger partial charge >= 0.3 is 5.97 Å². The molecule has 1 heterocycles. The normalized spacial score (nSPS) is 16.9. The van der Waals surface area contributed by atoms with Crippen molar-refractivity contribution in [1.29, 1.82) is 0 Å². The third-order valence-electron chi connectivity index (χ3n) is 7.71. The molecule has 2 aromatic rings. The number of nitrogens with zero attached hydrogens (tertiary/aromatic N) is 1. The standard InChI is InChI=1S/C32H46N4O4S2/c1-22(2)29(34-19-26(21-41)33-16-9-12-23-10-5-4-6-11-23)31(38)36-20-25-14-8-7-13-24(25)18-28(36)30(37)35-27(32(39)40)15-17-42-3/h4-8,10-11,13-14,22,26-29,33-34,41H,9,12,15-21H2,1-3H3,(H,35,37)(H,39,40)/t26?,27-,28+,29-/m0/s1. The van der Waals surface area contributed by atoms with Gasteiger partial charge in [0, 0.05) is 31.3 Å². The van der Waals surface area contributed by atoms with Crippen LogP contribution in [-0.2, 0) is 33.8 Å². The van der Waals surface area contributed by atoms with E-state index in [0.29, 0.717) is 37.4 Å². The van der Waals surface area contributed by atoms with Crippen LogP contribution in [0.2, 0.25) is 0 Å². The zero-order valence-electron chi connectivity index (χ0n) is 24.9. The number of hydrogen-bond acceptors (Lipinski definition) is 7. The Hall–Kier alpha value is -2.53. The van der Waals surface area contributed by atoms with Crippen molar-refractivity contribution in [2.24, 2.45) is 5.92 Å². The smallest absolute Gasteiger partial charge is 0.326 e. The number of benzene rings is 2. The van der Waals surface area contributed by atoms with Crippen molar-refractivity contribution < 1.29 is 19.5 Å². The van der Waals surface area contributed by atoms with Crippen molar-refractivity contribution >= 4 is 42.2 Å². The molecule has 8 nitrogen and oxygen atoms in total. The average Bonchev–Trinajstić information content (AvgIpc) is 2.99. The van der Waals surface area contributed by atoms with E-state index in [1.165, 1.54) is 17.3 Å². The van der Waals surface area contributed by atoms with Crippen LogP contribution in [0.25, 0.3) is 0 Å². The highest BCUT2D eigenvalue weighted by atomic mass is 32.2. The Bertz CT molecular complexity index is 1150. The second-order valence-corrected chi connectivity index (χ2v) is 12.5. The number of nitrogens with one attached hydrogen (secondary N) is 3. The first kappa shape index (κ1) is 34.0. The number of carboxylic acids is 1. The van der Waals surface area contributed by atoms with Crippen LogP contribution in [0.5, 0.6) is 0 Å². The van der Waals surface area contributed by atoms with Gasteiger partial charge < -0.3 is 26.0 Å². The fraction of sp³-hybridized carbons (Fsp3) is 0.531. The van der Waals surface area contributed by atoms with Crippen molar-refractivity contribution in [2.45, 2.75) is 70.2 Å². The summed E-state index contributed by atoms with van der Waals surface area (Å²) in [4.78, 5) is 41.1. The minimum atomic E-state index is -1.07. The number of amides is 2. The van der Waals surface area contributed by atoms with Crippen LogP contribution >= 0.6 is 24.4 Å². The maximum atomic E-state index is 14.1. The number of thioether (sulfide) groups is 1. The first-order valence-corrected chi connectivity index (χ1v) is 16.8. The third kappa shape index (κ3) is 10.0. The Labute approximate surface area is 260 Å². The summed E-state index contributed by atoms with van der Waals surface area (Å²) in [5.41, 5.74) is 3.32. The van der Waals surface area contributed by atoms with Gasteiger partial charge in [-0.1, -0.05) is 68.4 Å². The number of thiol groups is 1. The fourth-order valence-corrected chi connectivity index (χ4v) is 5.98. The number of aryl methyl sites for hydroxylation is 1. The molecule has 2 aromatic carbocycles. The van der Waals surface area contributed by atoms with Gasteiger partial charge in [0.05, 0.1) is 6.04 Å². The molecule has 0 saturated heterocycles. The van der Waals surface area contributed by atoms with Crippen molar-refractivity contribution in [3.63, 3.8) is 0 Å². The number of carbonyl (C=O) groups is 3. The van der Waals surface area contributed by atoms with E-state index in [0.717, 1.165) is 30.5 Å². The molecule has 2 amide bonds. The van der Waals surface area contributed by atoms with E-state index >= 15 is 0 Å². The summed E-state index contributed by atoms with van der Waals surface area (Å²) in [7, 11) is 0. The van der Waals surface area contributed by atoms with Gasteiger partial charge in [-0.3, -0.25) is 9.59 Å². The average molecular weight is 615 g/mol. The van der Waals surface area contributed by atoms with Gasteiger partial charge in [0.25, 0.3) is 0 Å². The van der Waals surface area contributed by atoms with Crippen LogP contribution in [-0.4, -0.2) is 82.8 Å². The Morgan fingerprint density at radius 2 is 1.74 bits per heavy atom. The lowest BCUT2D eigenvalue weighted by Crippen LogP contribution is -2.60. The molecule has 0 aliphatic carbocycles. The van der Waals surface area contributed by atoms with Crippen LogP contribution in [0, 0.1) is 5.92 Å². The van der Waals surface area contributed by atoms with Crippen LogP contribution in [0.15, 0.2) is 54.6 Å². The Morgan fingerprint density at radius 1 is 1.05 bits per heavy atom. The number of hydrogen-bond donors (Lipinski definition) is 5. The fourth-order valence-electron chi connectivity index (χ4n) is 5.25. The largest absolute Gasteiger partial charge is 0.480 e. The van der Waals surface area contributed by atoms with Gasteiger partial charge in [-0.2, -0.15) is 24.4 Å². The molecule has 10 heteroatoms.